The Morgan fingerprint density at radius 2 is 2.11 bits per heavy atom. The molecule has 0 aromatic carbocycles. The zero-order valence-electron chi connectivity index (χ0n) is 6.59. The van der Waals surface area contributed by atoms with Crippen LogP contribution in [0.25, 0.3) is 0 Å². The molecular weight excluding hydrogens is 169 g/mol. The third-order valence-corrected chi connectivity index (χ3v) is 1.33. The normalized spacial score (nSPS) is 10.4. The minimum atomic E-state index is -3.75. The van der Waals surface area contributed by atoms with E-state index >= 15 is 0 Å². The van der Waals surface area contributed by atoms with Crippen LogP contribution in [0.3, 0.4) is 0 Å². The van der Waals surface area contributed by atoms with E-state index < -0.39 is 10.1 Å². The molecule has 0 amide bonds. The van der Waals surface area contributed by atoms with Gasteiger partial charge in [0.1, 0.15) is 0 Å². The number of rotatable bonds is 3. The Morgan fingerprint density at radius 3 is 2.22 bits per heavy atom. The standard InChI is InChI=1S/C3H9NO3S.K.H/c1-4-2-3-8(5,6)7;;/h4H,2-3H2,1H3,(H,5,6,7);;/q;+1;-1. The molecule has 0 aliphatic rings. The fourth-order valence-corrected chi connectivity index (χ4v) is 0.693. The van der Waals surface area contributed by atoms with E-state index in [0.29, 0.717) is 6.54 Å². The Morgan fingerprint density at radius 1 is 1.67 bits per heavy atom. The quantitative estimate of drug-likeness (QED) is 0.344. The van der Waals surface area contributed by atoms with Crippen LogP contribution in [0, 0.1) is 0 Å². The molecular formula is C3H10KNO3S. The number of nitrogens with one attached hydrogen (secondary N) is 1. The van der Waals surface area contributed by atoms with Crippen molar-refractivity contribution in [1.82, 2.24) is 5.32 Å². The first-order valence-electron chi connectivity index (χ1n) is 2.16. The van der Waals surface area contributed by atoms with E-state index in [1.54, 1.807) is 7.05 Å². The summed E-state index contributed by atoms with van der Waals surface area (Å²) in [5, 5.41) is 2.59. The van der Waals surface area contributed by atoms with Crippen molar-refractivity contribution in [3.05, 3.63) is 0 Å². The molecule has 9 heavy (non-hydrogen) atoms. The van der Waals surface area contributed by atoms with Crippen LogP contribution in [0.15, 0.2) is 0 Å². The molecule has 0 fully saturated rings. The molecule has 0 aromatic rings. The van der Waals surface area contributed by atoms with E-state index in [1.807, 2.05) is 0 Å². The summed E-state index contributed by atoms with van der Waals surface area (Å²) in [6.45, 7) is 0.291. The predicted octanol–water partition coefficient (Wildman–Crippen LogP) is -3.79. The number of hydrogen-bond acceptors (Lipinski definition) is 3. The molecule has 0 aliphatic heterocycles. The van der Waals surface area contributed by atoms with Crippen LogP contribution < -0.4 is 56.7 Å². The van der Waals surface area contributed by atoms with E-state index in [-0.39, 0.29) is 58.6 Å². The van der Waals surface area contributed by atoms with Gasteiger partial charge < -0.3 is 6.74 Å². The van der Waals surface area contributed by atoms with Crippen LogP contribution in [-0.2, 0) is 10.1 Å². The molecule has 0 spiro atoms. The van der Waals surface area contributed by atoms with Crippen molar-refractivity contribution in [2.24, 2.45) is 0 Å². The summed E-state index contributed by atoms with van der Waals surface area (Å²) in [7, 11) is -2.13. The van der Waals surface area contributed by atoms with Crippen molar-refractivity contribution >= 4 is 10.1 Å². The third kappa shape index (κ3) is 12.7. The van der Waals surface area contributed by atoms with Gasteiger partial charge in [-0.1, -0.05) is 0 Å². The van der Waals surface area contributed by atoms with Gasteiger partial charge in [0, 0.05) is 6.54 Å². The van der Waals surface area contributed by atoms with Gasteiger partial charge >= 0.3 is 51.4 Å². The molecule has 0 radical (unpaired) electrons. The van der Waals surface area contributed by atoms with E-state index in [1.165, 1.54) is 0 Å². The Bertz CT molecular complexity index is 148. The molecule has 0 atom stereocenters. The van der Waals surface area contributed by atoms with Gasteiger partial charge in [-0.05, 0) is 7.05 Å². The van der Waals surface area contributed by atoms with Gasteiger partial charge in [-0.25, -0.2) is 0 Å². The van der Waals surface area contributed by atoms with E-state index in [2.05, 4.69) is 5.32 Å². The molecule has 0 aliphatic carbocycles. The Balaban J connectivity index is -0.000000245. The largest absolute Gasteiger partial charge is 1.00 e. The Labute approximate surface area is 99.1 Å². The topological polar surface area (TPSA) is 66.4 Å². The third-order valence-electron chi connectivity index (χ3n) is 0.610. The SMILES string of the molecule is CNCCS(=O)(=O)O.[H-].[K+]. The van der Waals surface area contributed by atoms with Crippen LogP contribution >= 0.6 is 0 Å². The van der Waals surface area contributed by atoms with Crippen molar-refractivity contribution in [2.45, 2.75) is 0 Å². The molecule has 0 saturated heterocycles. The summed E-state index contributed by atoms with van der Waals surface area (Å²) in [6, 6.07) is 0. The second-order valence-corrected chi connectivity index (χ2v) is 2.96. The second kappa shape index (κ2) is 6.23. The zero-order valence-corrected chi connectivity index (χ0v) is 9.53. The summed E-state index contributed by atoms with van der Waals surface area (Å²) < 4.78 is 27.9. The van der Waals surface area contributed by atoms with Gasteiger partial charge in [0.05, 0.1) is 5.75 Å². The van der Waals surface area contributed by atoms with Gasteiger partial charge in [0.15, 0.2) is 0 Å². The van der Waals surface area contributed by atoms with Gasteiger partial charge in [-0.15, -0.1) is 0 Å². The Hall–Kier alpha value is 1.51. The maximum absolute atomic E-state index is 9.91. The molecule has 6 heteroatoms. The average molecular weight is 179 g/mol. The average Bonchev–Trinajstić information content (AvgIpc) is 1.59. The summed E-state index contributed by atoms with van der Waals surface area (Å²) in [5.41, 5.74) is 0. The van der Waals surface area contributed by atoms with Gasteiger partial charge in [0.25, 0.3) is 10.1 Å². The molecule has 0 aromatic heterocycles. The van der Waals surface area contributed by atoms with Gasteiger partial charge in [-0.3, -0.25) is 4.55 Å². The summed E-state index contributed by atoms with van der Waals surface area (Å²) in [5.74, 6) is -0.219. The molecule has 0 unspecified atom stereocenters. The van der Waals surface area contributed by atoms with Crippen molar-refractivity contribution in [3.8, 4) is 0 Å². The van der Waals surface area contributed by atoms with Crippen molar-refractivity contribution in [1.29, 1.82) is 0 Å². The molecule has 0 heterocycles. The van der Waals surface area contributed by atoms with E-state index in [4.69, 9.17) is 4.55 Å². The molecule has 0 bridgehead atoms. The smallest absolute Gasteiger partial charge is 1.00 e. The zero-order chi connectivity index (χ0) is 6.62. The van der Waals surface area contributed by atoms with Crippen LogP contribution in [0.1, 0.15) is 1.43 Å². The fourth-order valence-electron chi connectivity index (χ4n) is 0.231. The van der Waals surface area contributed by atoms with E-state index in [0.717, 1.165) is 0 Å². The monoisotopic (exact) mass is 179 g/mol. The first-order chi connectivity index (χ1) is 3.56. The van der Waals surface area contributed by atoms with Gasteiger partial charge in [-0.2, -0.15) is 8.42 Å². The Kier molecular flexibility index (Phi) is 9.09. The van der Waals surface area contributed by atoms with Crippen molar-refractivity contribution in [2.75, 3.05) is 19.3 Å². The molecule has 0 rings (SSSR count). The first kappa shape index (κ1) is 13.1. The number of hydrogen-bond donors (Lipinski definition) is 2. The van der Waals surface area contributed by atoms with E-state index in [9.17, 15) is 8.42 Å². The van der Waals surface area contributed by atoms with Crippen LogP contribution in [-0.4, -0.2) is 32.3 Å². The van der Waals surface area contributed by atoms with Crippen LogP contribution in [0.4, 0.5) is 0 Å². The fraction of sp³-hybridized carbons (Fsp3) is 1.00. The van der Waals surface area contributed by atoms with Gasteiger partial charge in [0.2, 0.25) is 0 Å². The predicted molar refractivity (Wildman–Crippen MR) is 31.5 cm³/mol. The minimum absolute atomic E-state index is 0. The molecule has 52 valence electrons. The summed E-state index contributed by atoms with van der Waals surface area (Å²) in [6.07, 6.45) is 0. The maximum atomic E-state index is 9.91. The van der Waals surface area contributed by atoms with Crippen LogP contribution in [0.5, 0.6) is 0 Å². The first-order valence-corrected chi connectivity index (χ1v) is 3.77. The molecule has 0 saturated carbocycles. The molecule has 2 N–H and O–H groups in total. The maximum Gasteiger partial charge on any atom is 1.00 e. The summed E-state index contributed by atoms with van der Waals surface area (Å²) >= 11 is 0. The minimum Gasteiger partial charge on any atom is -1.00 e. The van der Waals surface area contributed by atoms with Crippen LogP contribution in [0.2, 0.25) is 0 Å². The summed E-state index contributed by atoms with van der Waals surface area (Å²) in [4.78, 5) is 0. The van der Waals surface area contributed by atoms with Crippen molar-refractivity contribution in [3.63, 3.8) is 0 Å². The molecule has 4 nitrogen and oxygen atoms in total. The second-order valence-electron chi connectivity index (χ2n) is 1.39. The van der Waals surface area contributed by atoms with Crippen molar-refractivity contribution < 1.29 is 65.8 Å².